The number of nitrogens with one attached hydrogen (secondary N) is 2. The standard InChI is InChI=1S/C15H12N4O3S/c20-12(18-15(22)17-10-4-2-1-3-5-10)8-19-9-16-13-11(14(19)21)6-7-23-13/h1-7,9H,8H2,(H2,17,18,20,22). The Morgan fingerprint density at radius 3 is 2.74 bits per heavy atom. The highest BCUT2D eigenvalue weighted by molar-refractivity contribution is 7.16. The quantitative estimate of drug-likeness (QED) is 0.767. The lowest BCUT2D eigenvalue weighted by Gasteiger charge is -2.07. The Bertz CT molecular complexity index is 917. The highest BCUT2D eigenvalue weighted by atomic mass is 32.1. The third kappa shape index (κ3) is 3.43. The summed E-state index contributed by atoms with van der Waals surface area (Å²) >= 11 is 1.35. The van der Waals surface area contributed by atoms with Gasteiger partial charge in [0, 0.05) is 5.69 Å². The van der Waals surface area contributed by atoms with Gasteiger partial charge in [0.25, 0.3) is 5.56 Å². The van der Waals surface area contributed by atoms with E-state index in [0.717, 1.165) is 0 Å². The Balaban J connectivity index is 1.65. The van der Waals surface area contributed by atoms with E-state index in [9.17, 15) is 14.4 Å². The van der Waals surface area contributed by atoms with E-state index in [1.807, 2.05) is 6.07 Å². The van der Waals surface area contributed by atoms with E-state index in [4.69, 9.17) is 0 Å². The van der Waals surface area contributed by atoms with Crippen molar-refractivity contribution in [1.29, 1.82) is 0 Å². The van der Waals surface area contributed by atoms with Gasteiger partial charge in [0.2, 0.25) is 5.91 Å². The Morgan fingerprint density at radius 1 is 1.17 bits per heavy atom. The van der Waals surface area contributed by atoms with Crippen LogP contribution in [0.15, 0.2) is 52.9 Å². The van der Waals surface area contributed by atoms with Gasteiger partial charge in [-0.2, -0.15) is 0 Å². The van der Waals surface area contributed by atoms with Crippen LogP contribution in [-0.2, 0) is 11.3 Å². The maximum atomic E-state index is 12.2. The summed E-state index contributed by atoms with van der Waals surface area (Å²) in [5, 5.41) is 6.92. The smallest absolute Gasteiger partial charge is 0.308 e. The van der Waals surface area contributed by atoms with E-state index in [2.05, 4.69) is 15.6 Å². The van der Waals surface area contributed by atoms with Crippen LogP contribution in [0.5, 0.6) is 0 Å². The second-order valence-electron chi connectivity index (χ2n) is 4.69. The lowest BCUT2D eigenvalue weighted by Crippen LogP contribution is -2.38. The number of hydrogen-bond donors (Lipinski definition) is 2. The second-order valence-corrected chi connectivity index (χ2v) is 5.58. The molecule has 2 N–H and O–H groups in total. The molecule has 0 radical (unpaired) electrons. The number of fused-ring (bicyclic) bond motifs is 1. The molecule has 0 aliphatic heterocycles. The van der Waals surface area contributed by atoms with E-state index in [-0.39, 0.29) is 12.1 Å². The zero-order valence-electron chi connectivity index (χ0n) is 11.9. The second kappa shape index (κ2) is 6.41. The van der Waals surface area contributed by atoms with Crippen LogP contribution in [0.3, 0.4) is 0 Å². The Kier molecular flexibility index (Phi) is 4.15. The molecule has 7 nitrogen and oxygen atoms in total. The molecular formula is C15H12N4O3S. The molecule has 0 aliphatic rings. The fourth-order valence-corrected chi connectivity index (χ4v) is 2.73. The highest BCUT2D eigenvalue weighted by Crippen LogP contribution is 2.13. The average molecular weight is 328 g/mol. The third-order valence-electron chi connectivity index (χ3n) is 3.05. The molecule has 0 saturated carbocycles. The minimum absolute atomic E-state index is 0.278. The normalized spacial score (nSPS) is 10.4. The SMILES string of the molecule is O=C(Cn1cnc2sccc2c1=O)NC(=O)Nc1ccccc1. The molecule has 0 bridgehead atoms. The summed E-state index contributed by atoms with van der Waals surface area (Å²) in [7, 11) is 0. The minimum Gasteiger partial charge on any atom is -0.308 e. The summed E-state index contributed by atoms with van der Waals surface area (Å²) in [6.07, 6.45) is 1.30. The molecule has 3 rings (SSSR count). The van der Waals surface area contributed by atoms with E-state index in [1.165, 1.54) is 22.2 Å². The molecule has 3 aromatic rings. The van der Waals surface area contributed by atoms with Crippen LogP contribution in [0, 0.1) is 0 Å². The van der Waals surface area contributed by atoms with E-state index in [0.29, 0.717) is 15.9 Å². The van der Waals surface area contributed by atoms with Gasteiger partial charge >= 0.3 is 6.03 Å². The average Bonchev–Trinajstić information content (AvgIpc) is 3.00. The lowest BCUT2D eigenvalue weighted by atomic mass is 10.3. The fraction of sp³-hybridized carbons (Fsp3) is 0.0667. The van der Waals surface area contributed by atoms with Gasteiger partial charge in [0.05, 0.1) is 11.7 Å². The van der Waals surface area contributed by atoms with Gasteiger partial charge in [-0.25, -0.2) is 9.78 Å². The van der Waals surface area contributed by atoms with E-state index in [1.54, 1.807) is 35.7 Å². The van der Waals surface area contributed by atoms with Crippen molar-refractivity contribution in [3.63, 3.8) is 0 Å². The molecule has 3 amide bonds. The van der Waals surface area contributed by atoms with Gasteiger partial charge in [-0.15, -0.1) is 11.3 Å². The number of carbonyl (C=O) groups excluding carboxylic acids is 2. The number of nitrogens with zero attached hydrogens (tertiary/aromatic N) is 2. The zero-order chi connectivity index (χ0) is 16.2. The van der Waals surface area contributed by atoms with Gasteiger partial charge in [-0.3, -0.25) is 19.5 Å². The summed E-state index contributed by atoms with van der Waals surface area (Å²) in [6, 6.07) is 9.74. The van der Waals surface area contributed by atoms with Crippen molar-refractivity contribution in [3.8, 4) is 0 Å². The van der Waals surface area contributed by atoms with Crippen LogP contribution in [-0.4, -0.2) is 21.5 Å². The summed E-state index contributed by atoms with van der Waals surface area (Å²) in [5.74, 6) is -0.600. The number of imide groups is 1. The summed E-state index contributed by atoms with van der Waals surface area (Å²) in [6.45, 7) is -0.278. The van der Waals surface area contributed by atoms with Crippen LogP contribution in [0.2, 0.25) is 0 Å². The minimum atomic E-state index is -0.654. The van der Waals surface area contributed by atoms with Gasteiger partial charge < -0.3 is 5.32 Å². The van der Waals surface area contributed by atoms with Gasteiger partial charge in [-0.05, 0) is 23.6 Å². The molecule has 0 unspecified atom stereocenters. The van der Waals surface area contributed by atoms with Crippen molar-refractivity contribution >= 4 is 39.2 Å². The number of amides is 3. The lowest BCUT2D eigenvalue weighted by molar-refractivity contribution is -0.120. The van der Waals surface area contributed by atoms with Crippen LogP contribution in [0.4, 0.5) is 10.5 Å². The van der Waals surface area contributed by atoms with Crippen molar-refractivity contribution in [2.75, 3.05) is 5.32 Å². The number of carbonyl (C=O) groups is 2. The molecule has 2 heterocycles. The Labute approximate surface area is 134 Å². The topological polar surface area (TPSA) is 93.1 Å². The van der Waals surface area contributed by atoms with Crippen LogP contribution >= 0.6 is 11.3 Å². The van der Waals surface area contributed by atoms with Crippen LogP contribution in [0.25, 0.3) is 10.2 Å². The Hall–Kier alpha value is -3.00. The molecule has 0 aliphatic carbocycles. The zero-order valence-corrected chi connectivity index (χ0v) is 12.7. The monoisotopic (exact) mass is 328 g/mol. The van der Waals surface area contributed by atoms with Gasteiger partial charge in [-0.1, -0.05) is 18.2 Å². The molecule has 1 aromatic carbocycles. The first-order valence-corrected chi connectivity index (χ1v) is 7.60. The maximum absolute atomic E-state index is 12.2. The number of urea groups is 1. The summed E-state index contributed by atoms with van der Waals surface area (Å²) in [4.78, 5) is 40.5. The molecule has 0 saturated heterocycles. The number of benzene rings is 1. The van der Waals surface area contributed by atoms with E-state index < -0.39 is 11.9 Å². The van der Waals surface area contributed by atoms with E-state index >= 15 is 0 Å². The third-order valence-corrected chi connectivity index (χ3v) is 3.87. The van der Waals surface area contributed by atoms with Gasteiger partial charge in [0.1, 0.15) is 11.4 Å². The van der Waals surface area contributed by atoms with Gasteiger partial charge in [0.15, 0.2) is 0 Å². The van der Waals surface area contributed by atoms with Crippen molar-refractivity contribution in [3.05, 3.63) is 58.5 Å². The molecule has 116 valence electrons. The Morgan fingerprint density at radius 2 is 1.96 bits per heavy atom. The molecular weight excluding hydrogens is 316 g/mol. The molecule has 2 aromatic heterocycles. The van der Waals surface area contributed by atoms with Crippen molar-refractivity contribution in [1.82, 2.24) is 14.9 Å². The first-order chi connectivity index (χ1) is 11.1. The predicted octanol–water partition coefficient (Wildman–Crippen LogP) is 1.81. The van der Waals surface area contributed by atoms with Crippen LogP contribution in [0.1, 0.15) is 0 Å². The molecule has 0 atom stereocenters. The van der Waals surface area contributed by atoms with Crippen molar-refractivity contribution in [2.45, 2.75) is 6.54 Å². The van der Waals surface area contributed by atoms with Crippen molar-refractivity contribution < 1.29 is 9.59 Å². The molecule has 23 heavy (non-hydrogen) atoms. The fourth-order valence-electron chi connectivity index (χ4n) is 2.01. The first kappa shape index (κ1) is 14.9. The predicted molar refractivity (Wildman–Crippen MR) is 87.5 cm³/mol. The van der Waals surface area contributed by atoms with Crippen molar-refractivity contribution in [2.24, 2.45) is 0 Å². The van der Waals surface area contributed by atoms with Crippen LogP contribution < -0.4 is 16.2 Å². The number of anilines is 1. The number of rotatable bonds is 3. The number of para-hydroxylation sites is 1. The summed E-state index contributed by atoms with van der Waals surface area (Å²) < 4.78 is 1.17. The number of aromatic nitrogens is 2. The maximum Gasteiger partial charge on any atom is 0.325 e. The molecule has 8 heteroatoms. The first-order valence-electron chi connectivity index (χ1n) is 6.72. The number of hydrogen-bond acceptors (Lipinski definition) is 5. The number of thiophene rings is 1. The molecule has 0 spiro atoms. The highest BCUT2D eigenvalue weighted by Gasteiger charge is 2.11. The summed E-state index contributed by atoms with van der Waals surface area (Å²) in [5.41, 5.74) is 0.256. The molecule has 0 fully saturated rings. The largest absolute Gasteiger partial charge is 0.325 e.